The SMILES string of the molecule is CCc1cccc2cc(OCOC)cc(-c3ncc4c(N5CC6CCC(C5)N6C(=O)OC(C)(C)C)nc(OCCN5CCN(CC6CN(c7cc([C@H](C(=O)N8C[C@H](O)C[C@H]8C(=O)N[C@@H](C)c8ccc(-c9scnc9C)cc8)C(C)C)on7)C6)CC5)nc4c3F)c12. The summed E-state index contributed by atoms with van der Waals surface area (Å²) in [5.74, 6) is 0.533. The van der Waals surface area contributed by atoms with Gasteiger partial charge in [0.1, 0.15) is 46.9 Å². The van der Waals surface area contributed by atoms with Crippen LogP contribution in [0.15, 0.2) is 76.9 Å². The average molecular weight is 1250 g/mol. The number of pyridine rings is 1. The first-order valence-electron chi connectivity index (χ1n) is 31.7. The van der Waals surface area contributed by atoms with E-state index >= 15 is 4.39 Å². The number of carbonyl (C=O) groups is 3. The van der Waals surface area contributed by atoms with Crippen LogP contribution < -0.4 is 24.6 Å². The molecule has 2 N–H and O–H groups in total. The predicted octanol–water partition coefficient (Wildman–Crippen LogP) is 9.25. The standard InChI is InChI=1S/C67H83FN12O9S/c1-10-43-12-11-13-46-26-50(87-38-85-9)28-51(57(43)46)59-58(68)60-52(30-69-59)62(78-34-47-18-19-48(35-78)80(47)66(84)88-67(6,7)8)73-65(72-60)86-25-24-75-20-22-76(23-21-75)31-42-32-77(33-42)55-29-54(89-74-55)56(39(2)3)64(83)79-36-49(81)27-53(79)63(82)71-40(4)44-14-16-45(17-15-44)61-41(5)70-37-90-61/h11-17,26,28-30,37,39-40,42,47-49,53,56,81H,10,18-25,27,31-36,38H2,1-9H3,(H,71,82)/t40-,47?,48?,49+,53-,56+/m0/s1. The molecule has 90 heavy (non-hydrogen) atoms. The van der Waals surface area contributed by atoms with Crippen LogP contribution in [0.5, 0.6) is 11.8 Å². The van der Waals surface area contributed by atoms with Crippen LogP contribution in [0.2, 0.25) is 0 Å². The van der Waals surface area contributed by atoms with Crippen LogP contribution in [0.1, 0.15) is 102 Å². The molecule has 5 fully saturated rings. The molecular formula is C67H83FN12O9S. The highest BCUT2D eigenvalue weighted by Crippen LogP contribution is 2.42. The minimum Gasteiger partial charge on any atom is -0.468 e. The van der Waals surface area contributed by atoms with E-state index in [1.807, 2.05) is 120 Å². The number of fused-ring (bicyclic) bond motifs is 4. The molecular weight excluding hydrogens is 1170 g/mol. The summed E-state index contributed by atoms with van der Waals surface area (Å²) in [6.07, 6.45) is 2.99. The van der Waals surface area contributed by atoms with Gasteiger partial charge in [-0.15, -0.1) is 11.3 Å². The van der Waals surface area contributed by atoms with Gasteiger partial charge in [-0.1, -0.05) is 68.4 Å². The van der Waals surface area contributed by atoms with E-state index in [2.05, 4.69) is 42.0 Å². The van der Waals surface area contributed by atoms with Crippen molar-refractivity contribution in [3.05, 3.63) is 101 Å². The number of benzene rings is 3. The lowest BCUT2D eigenvalue weighted by Crippen LogP contribution is -2.57. The summed E-state index contributed by atoms with van der Waals surface area (Å²) in [5, 5.41) is 20.6. The van der Waals surface area contributed by atoms with Crippen molar-refractivity contribution in [2.75, 3.05) is 102 Å². The Morgan fingerprint density at radius 1 is 0.900 bits per heavy atom. The Labute approximate surface area is 528 Å². The molecule has 0 spiro atoms. The highest BCUT2D eigenvalue weighted by molar-refractivity contribution is 7.13. The lowest BCUT2D eigenvalue weighted by Gasteiger charge is -2.43. The molecule has 23 heteroatoms. The maximum atomic E-state index is 17.7. The number of aromatic nitrogens is 5. The molecule has 21 nitrogen and oxygen atoms in total. The first-order valence-corrected chi connectivity index (χ1v) is 32.6. The summed E-state index contributed by atoms with van der Waals surface area (Å²) in [7, 11) is 1.56. The molecule has 2 bridgehead atoms. The number of nitrogens with zero attached hydrogens (tertiary/aromatic N) is 11. The molecule has 5 aliphatic rings. The maximum absolute atomic E-state index is 17.7. The van der Waals surface area contributed by atoms with E-state index in [0.29, 0.717) is 59.6 Å². The van der Waals surface area contributed by atoms with Gasteiger partial charge in [0.15, 0.2) is 24.2 Å². The number of hydrogen-bond acceptors (Lipinski definition) is 19. The van der Waals surface area contributed by atoms with E-state index in [4.69, 9.17) is 38.4 Å². The van der Waals surface area contributed by atoms with Crippen LogP contribution in [0.25, 0.3) is 43.4 Å². The Hall–Kier alpha value is -7.57. The number of ether oxygens (including phenoxy) is 4. The van der Waals surface area contributed by atoms with Gasteiger partial charge in [-0.3, -0.25) is 24.4 Å². The number of aliphatic hydroxyl groups excluding tert-OH is 1. The Morgan fingerprint density at radius 2 is 1.64 bits per heavy atom. The molecule has 4 aromatic heterocycles. The number of likely N-dealkylation sites (tertiary alicyclic amines) is 1. The zero-order valence-electron chi connectivity index (χ0n) is 53.0. The number of hydrogen-bond donors (Lipinski definition) is 2. The third-order valence-electron chi connectivity index (χ3n) is 18.3. The number of piperazine rings is 2. The molecule has 0 aliphatic carbocycles. The number of halogens is 1. The van der Waals surface area contributed by atoms with Crippen molar-refractivity contribution in [3.8, 4) is 33.5 Å². The quantitative estimate of drug-likeness (QED) is 0.0680. The molecule has 3 aromatic carbocycles. The Balaban J connectivity index is 0.666. The minimum absolute atomic E-state index is 0.0232. The molecule has 5 saturated heterocycles. The van der Waals surface area contributed by atoms with Gasteiger partial charge in [-0.05, 0) is 99.4 Å². The fraction of sp³-hybridized carbons (Fsp3) is 0.522. The van der Waals surface area contributed by atoms with Crippen LogP contribution in [0.3, 0.4) is 0 Å². The topological polar surface area (TPSA) is 217 Å². The second-order valence-electron chi connectivity index (χ2n) is 26.2. The van der Waals surface area contributed by atoms with Crippen LogP contribution in [-0.2, 0) is 25.5 Å². The van der Waals surface area contributed by atoms with Gasteiger partial charge in [0.05, 0.1) is 45.7 Å². The third kappa shape index (κ3) is 13.2. The van der Waals surface area contributed by atoms with Gasteiger partial charge in [0.2, 0.25) is 11.8 Å². The summed E-state index contributed by atoms with van der Waals surface area (Å²) < 4.78 is 47.0. The number of anilines is 2. The number of thiazole rings is 1. The van der Waals surface area contributed by atoms with Crippen LogP contribution in [0, 0.1) is 24.6 Å². The van der Waals surface area contributed by atoms with Crippen LogP contribution in [0.4, 0.5) is 20.8 Å². The molecule has 9 heterocycles. The van der Waals surface area contributed by atoms with Gasteiger partial charge in [0.25, 0.3) is 0 Å². The summed E-state index contributed by atoms with van der Waals surface area (Å²) in [6.45, 7) is 23.4. The average Bonchev–Trinajstić information content (AvgIpc) is 1.06. The highest BCUT2D eigenvalue weighted by atomic mass is 32.1. The molecule has 7 aromatic rings. The molecule has 478 valence electrons. The molecule has 2 unspecified atom stereocenters. The number of rotatable bonds is 20. The number of aliphatic hydroxyl groups is 1. The second kappa shape index (κ2) is 26.3. The minimum atomic E-state index is -0.832. The number of carbonyl (C=O) groups excluding carboxylic acids is 3. The van der Waals surface area contributed by atoms with Gasteiger partial charge in [0, 0.05) is 109 Å². The Morgan fingerprint density at radius 3 is 2.33 bits per heavy atom. The summed E-state index contributed by atoms with van der Waals surface area (Å²) in [4.78, 5) is 74.5. The molecule has 0 radical (unpaired) electrons. The fourth-order valence-corrected chi connectivity index (χ4v) is 14.6. The number of methoxy groups -OCH3 is 1. The van der Waals surface area contributed by atoms with Crippen molar-refractivity contribution >= 4 is 62.6 Å². The monoisotopic (exact) mass is 1250 g/mol. The van der Waals surface area contributed by atoms with E-state index in [1.165, 1.54) is 4.90 Å². The van der Waals surface area contributed by atoms with Gasteiger partial charge >= 0.3 is 12.1 Å². The largest absolute Gasteiger partial charge is 0.468 e. The molecule has 12 rings (SSSR count). The maximum Gasteiger partial charge on any atom is 0.410 e. The lowest BCUT2D eigenvalue weighted by molar-refractivity contribution is -0.141. The van der Waals surface area contributed by atoms with Gasteiger partial charge in [-0.2, -0.15) is 9.97 Å². The highest BCUT2D eigenvalue weighted by Gasteiger charge is 2.47. The molecule has 3 amide bonds. The van der Waals surface area contributed by atoms with E-state index in [0.717, 1.165) is 103 Å². The van der Waals surface area contributed by atoms with Crippen molar-refractivity contribution < 1.29 is 47.4 Å². The normalized spacial score (nSPS) is 20.7. The van der Waals surface area contributed by atoms with Crippen molar-refractivity contribution in [2.24, 2.45) is 11.8 Å². The second-order valence-corrected chi connectivity index (χ2v) is 27.0. The third-order valence-corrected chi connectivity index (χ3v) is 19.3. The zero-order chi connectivity index (χ0) is 63.1. The van der Waals surface area contributed by atoms with Crippen molar-refractivity contribution in [1.29, 1.82) is 0 Å². The summed E-state index contributed by atoms with van der Waals surface area (Å²) in [5.41, 5.74) is 6.02. The van der Waals surface area contributed by atoms with E-state index in [9.17, 15) is 19.5 Å². The summed E-state index contributed by atoms with van der Waals surface area (Å²) in [6, 6.07) is 18.4. The predicted molar refractivity (Wildman–Crippen MR) is 342 cm³/mol. The smallest absolute Gasteiger partial charge is 0.410 e. The van der Waals surface area contributed by atoms with E-state index in [1.54, 1.807) is 24.6 Å². The number of β-amino-alcohol motifs (C(OH)–C–C–N with tert-alkyl or cyclic N) is 1. The lowest BCUT2D eigenvalue weighted by atomic mass is 9.91. The Bertz CT molecular complexity index is 3720. The first kappa shape index (κ1) is 62.6. The number of aryl methyl sites for hydroxylation is 2. The fourth-order valence-electron chi connectivity index (χ4n) is 13.8. The van der Waals surface area contributed by atoms with Crippen LogP contribution in [-0.4, -0.2) is 190 Å². The van der Waals surface area contributed by atoms with Crippen molar-refractivity contribution in [3.63, 3.8) is 0 Å². The van der Waals surface area contributed by atoms with E-state index in [-0.39, 0.29) is 85.5 Å². The molecule has 0 saturated carbocycles. The number of nitrogens with one attached hydrogen (secondary N) is 1. The van der Waals surface area contributed by atoms with E-state index < -0.39 is 29.5 Å². The zero-order valence-corrected chi connectivity index (χ0v) is 53.8. The number of amides is 3. The van der Waals surface area contributed by atoms with Gasteiger partial charge < -0.3 is 53.5 Å². The van der Waals surface area contributed by atoms with Gasteiger partial charge in [-0.25, -0.2) is 14.2 Å². The summed E-state index contributed by atoms with van der Waals surface area (Å²) >= 11 is 1.59. The van der Waals surface area contributed by atoms with Crippen LogP contribution >= 0.6 is 11.3 Å². The van der Waals surface area contributed by atoms with Crippen molar-refractivity contribution in [1.82, 2.24) is 50.0 Å². The first-order chi connectivity index (χ1) is 43.3. The molecule has 6 atom stereocenters. The van der Waals surface area contributed by atoms with Crippen molar-refractivity contribution in [2.45, 2.75) is 123 Å². The Kier molecular flexibility index (Phi) is 18.3. The molecule has 5 aliphatic heterocycles.